The molecule has 2 aromatic carbocycles. The van der Waals surface area contributed by atoms with E-state index in [2.05, 4.69) is 10.3 Å². The largest absolute Gasteiger partial charge is 0.325 e. The van der Waals surface area contributed by atoms with Crippen molar-refractivity contribution in [3.63, 3.8) is 0 Å². The molecule has 0 saturated carbocycles. The van der Waals surface area contributed by atoms with Crippen LogP contribution in [0.1, 0.15) is 5.56 Å². The lowest BCUT2D eigenvalue weighted by Gasteiger charge is -2.05. The minimum absolute atomic E-state index is 0.114. The topological polar surface area (TPSA) is 41.5 Å². The Morgan fingerprint density at radius 3 is 2.82 bits per heavy atom. The minimum Gasteiger partial charge on any atom is -0.325 e. The third-order valence-corrected chi connectivity index (χ3v) is 4.36. The number of carbonyl (C=O) groups is 1. The molecule has 22 heavy (non-hydrogen) atoms. The van der Waals surface area contributed by atoms with Crippen LogP contribution in [0.5, 0.6) is 0 Å². The average molecular weight is 335 g/mol. The molecule has 0 atom stereocenters. The maximum Gasteiger partial charge on any atom is 0.234 e. The number of nitrogens with one attached hydrogen (secondary N) is 1. The number of amides is 1. The van der Waals surface area contributed by atoms with Crippen LogP contribution in [0.4, 0.5) is 15.8 Å². The molecule has 3 rings (SSSR count). The van der Waals surface area contributed by atoms with Crippen molar-refractivity contribution in [2.75, 3.05) is 11.1 Å². The number of nitrogens with zero attached hydrogens (tertiary/aromatic N) is 1. The summed E-state index contributed by atoms with van der Waals surface area (Å²) in [5, 5.41) is 4.24. The average Bonchev–Trinajstić information content (AvgIpc) is 2.89. The van der Waals surface area contributed by atoms with Gasteiger partial charge in [0.15, 0.2) is 0 Å². The van der Waals surface area contributed by atoms with Gasteiger partial charge in [-0.1, -0.05) is 17.7 Å². The van der Waals surface area contributed by atoms with Crippen molar-refractivity contribution in [2.24, 2.45) is 4.99 Å². The van der Waals surface area contributed by atoms with E-state index in [1.165, 1.54) is 23.9 Å². The molecule has 6 heteroatoms. The first-order valence-corrected chi connectivity index (χ1v) is 8.01. The summed E-state index contributed by atoms with van der Waals surface area (Å²) in [6, 6.07) is 11.5. The number of benzene rings is 2. The van der Waals surface area contributed by atoms with E-state index >= 15 is 0 Å². The van der Waals surface area contributed by atoms with Crippen LogP contribution in [-0.2, 0) is 11.2 Å². The number of thioether (sulfide) groups is 1. The molecule has 1 N–H and O–H groups in total. The third kappa shape index (κ3) is 3.67. The van der Waals surface area contributed by atoms with E-state index in [1.54, 1.807) is 30.3 Å². The van der Waals surface area contributed by atoms with E-state index in [0.717, 1.165) is 10.6 Å². The summed E-state index contributed by atoms with van der Waals surface area (Å²) >= 11 is 7.16. The number of fused-ring (bicyclic) bond motifs is 1. The fourth-order valence-corrected chi connectivity index (χ4v) is 3.01. The van der Waals surface area contributed by atoms with Gasteiger partial charge < -0.3 is 5.32 Å². The number of aliphatic imine (C=N–C) groups is 1. The molecule has 1 amide bonds. The fraction of sp³-hybridized carbons (Fsp3) is 0.125. The zero-order valence-corrected chi connectivity index (χ0v) is 13.0. The maximum atomic E-state index is 13.1. The summed E-state index contributed by atoms with van der Waals surface area (Å²) in [6.45, 7) is 0. The van der Waals surface area contributed by atoms with Crippen LogP contribution in [0.2, 0.25) is 5.02 Å². The molecule has 0 saturated heterocycles. The van der Waals surface area contributed by atoms with Gasteiger partial charge >= 0.3 is 0 Å². The Balaban J connectivity index is 1.54. The number of halogens is 2. The van der Waals surface area contributed by atoms with Crippen molar-refractivity contribution in [1.29, 1.82) is 0 Å². The maximum absolute atomic E-state index is 13.1. The van der Waals surface area contributed by atoms with Gasteiger partial charge in [-0.15, -0.1) is 11.8 Å². The van der Waals surface area contributed by atoms with Crippen molar-refractivity contribution >= 4 is 45.7 Å². The highest BCUT2D eigenvalue weighted by molar-refractivity contribution is 8.14. The quantitative estimate of drug-likeness (QED) is 0.901. The highest BCUT2D eigenvalue weighted by Gasteiger charge is 2.16. The lowest BCUT2D eigenvalue weighted by atomic mass is 10.1. The molecular formula is C16H12ClFN2OS. The van der Waals surface area contributed by atoms with E-state index < -0.39 is 0 Å². The molecule has 0 aliphatic carbocycles. The molecule has 0 aromatic heterocycles. The Kier molecular flexibility index (Phi) is 4.45. The first kappa shape index (κ1) is 15.1. The molecule has 3 nitrogen and oxygen atoms in total. The number of anilines is 1. The van der Waals surface area contributed by atoms with Gasteiger partial charge in [-0.3, -0.25) is 4.79 Å². The molecule has 2 aromatic rings. The van der Waals surface area contributed by atoms with Crippen LogP contribution in [0.25, 0.3) is 0 Å². The van der Waals surface area contributed by atoms with E-state index in [0.29, 0.717) is 22.8 Å². The summed E-state index contributed by atoms with van der Waals surface area (Å²) in [6.07, 6.45) is 0.647. The lowest BCUT2D eigenvalue weighted by molar-refractivity contribution is -0.113. The Labute approximate surface area is 136 Å². The Morgan fingerprint density at radius 1 is 1.27 bits per heavy atom. The summed E-state index contributed by atoms with van der Waals surface area (Å²) < 4.78 is 13.1. The van der Waals surface area contributed by atoms with E-state index in [9.17, 15) is 9.18 Å². The second-order valence-electron chi connectivity index (χ2n) is 4.80. The smallest absolute Gasteiger partial charge is 0.234 e. The second kappa shape index (κ2) is 6.50. The van der Waals surface area contributed by atoms with Crippen LogP contribution < -0.4 is 5.32 Å². The van der Waals surface area contributed by atoms with Crippen LogP contribution in [0.15, 0.2) is 47.5 Å². The molecule has 0 bridgehead atoms. The van der Waals surface area contributed by atoms with Crippen molar-refractivity contribution in [3.05, 3.63) is 58.9 Å². The SMILES string of the molecule is O=C(CSC1=Nc2cc(F)ccc2C1)Nc1ccc(Cl)cc1. The van der Waals surface area contributed by atoms with Crippen LogP contribution >= 0.6 is 23.4 Å². The minimum atomic E-state index is -0.297. The molecule has 0 radical (unpaired) electrons. The summed E-state index contributed by atoms with van der Waals surface area (Å²) in [5.74, 6) is -0.149. The van der Waals surface area contributed by atoms with Crippen molar-refractivity contribution < 1.29 is 9.18 Å². The summed E-state index contributed by atoms with van der Waals surface area (Å²) in [5.41, 5.74) is 2.34. The van der Waals surface area contributed by atoms with Gasteiger partial charge in [0.05, 0.1) is 16.5 Å². The van der Waals surface area contributed by atoms with Crippen molar-refractivity contribution in [3.8, 4) is 0 Å². The number of hydrogen-bond donors (Lipinski definition) is 1. The standard InChI is InChI=1S/C16H12ClFN2OS/c17-11-2-5-13(6-3-11)19-15(21)9-22-16-7-10-1-4-12(18)8-14(10)20-16/h1-6,8H,7,9H2,(H,19,21). The Hall–Kier alpha value is -1.85. The van der Waals surface area contributed by atoms with Gasteiger partial charge in [-0.25, -0.2) is 9.38 Å². The van der Waals surface area contributed by atoms with Gasteiger partial charge in [0.25, 0.3) is 0 Å². The molecule has 1 heterocycles. The Morgan fingerprint density at radius 2 is 2.05 bits per heavy atom. The molecule has 0 unspecified atom stereocenters. The summed E-state index contributed by atoms with van der Waals surface area (Å²) in [7, 11) is 0. The van der Waals surface area contributed by atoms with Gasteiger partial charge in [-0.2, -0.15) is 0 Å². The van der Waals surface area contributed by atoms with Crippen molar-refractivity contribution in [1.82, 2.24) is 0 Å². The van der Waals surface area contributed by atoms with Crippen LogP contribution in [0, 0.1) is 5.82 Å². The fourth-order valence-electron chi connectivity index (χ4n) is 2.09. The van der Waals surface area contributed by atoms with E-state index in [1.807, 2.05) is 0 Å². The number of hydrogen-bond acceptors (Lipinski definition) is 3. The molecular weight excluding hydrogens is 323 g/mol. The first-order chi connectivity index (χ1) is 10.6. The predicted molar refractivity (Wildman–Crippen MR) is 89.7 cm³/mol. The molecule has 0 fully saturated rings. The lowest BCUT2D eigenvalue weighted by Crippen LogP contribution is -2.15. The van der Waals surface area contributed by atoms with Gasteiger partial charge in [0.2, 0.25) is 5.91 Å². The first-order valence-electron chi connectivity index (χ1n) is 6.64. The van der Waals surface area contributed by atoms with Crippen LogP contribution in [0.3, 0.4) is 0 Å². The monoisotopic (exact) mass is 334 g/mol. The zero-order valence-electron chi connectivity index (χ0n) is 11.5. The van der Waals surface area contributed by atoms with Gasteiger partial charge in [0, 0.05) is 17.1 Å². The Bertz CT molecular complexity index is 746. The summed E-state index contributed by atoms with van der Waals surface area (Å²) in [4.78, 5) is 16.2. The highest BCUT2D eigenvalue weighted by atomic mass is 35.5. The number of carbonyl (C=O) groups excluding carboxylic acids is 1. The van der Waals surface area contributed by atoms with E-state index in [-0.39, 0.29) is 17.5 Å². The van der Waals surface area contributed by atoms with E-state index in [4.69, 9.17) is 11.6 Å². The van der Waals surface area contributed by atoms with Crippen molar-refractivity contribution in [2.45, 2.75) is 6.42 Å². The predicted octanol–water partition coefficient (Wildman–Crippen LogP) is 4.44. The molecule has 112 valence electrons. The normalized spacial score (nSPS) is 12.7. The third-order valence-electron chi connectivity index (χ3n) is 3.13. The second-order valence-corrected chi connectivity index (χ2v) is 6.28. The molecule has 1 aliphatic heterocycles. The highest BCUT2D eigenvalue weighted by Crippen LogP contribution is 2.30. The van der Waals surface area contributed by atoms with Crippen LogP contribution in [-0.4, -0.2) is 16.7 Å². The molecule has 1 aliphatic rings. The van der Waals surface area contributed by atoms with Gasteiger partial charge in [-0.05, 0) is 42.0 Å². The zero-order chi connectivity index (χ0) is 15.5. The molecule has 0 spiro atoms. The number of rotatable bonds is 3. The van der Waals surface area contributed by atoms with Gasteiger partial charge in [0.1, 0.15) is 5.82 Å².